The molecule has 4 rings (SSSR count). The Morgan fingerprint density at radius 3 is 2.80 bits per heavy atom. The fraction of sp³-hybridized carbons (Fsp3) is 0.381. The number of nitrogens with one attached hydrogen (secondary N) is 1. The maximum absolute atomic E-state index is 12.3. The molecule has 158 valence electrons. The first-order valence-electron chi connectivity index (χ1n) is 9.81. The molecule has 1 atom stereocenters. The largest absolute Gasteiger partial charge is 0.497 e. The highest BCUT2D eigenvalue weighted by Crippen LogP contribution is 2.30. The van der Waals surface area contributed by atoms with Crippen LogP contribution in [0.2, 0.25) is 0 Å². The zero-order valence-electron chi connectivity index (χ0n) is 17.0. The van der Waals surface area contributed by atoms with Crippen LogP contribution < -0.4 is 10.1 Å². The molecule has 0 bridgehead atoms. The van der Waals surface area contributed by atoms with E-state index in [0.717, 1.165) is 42.2 Å². The summed E-state index contributed by atoms with van der Waals surface area (Å²) >= 11 is 1.34. The number of aromatic nitrogens is 3. The van der Waals surface area contributed by atoms with Crippen molar-refractivity contribution in [3.8, 4) is 22.8 Å². The first-order chi connectivity index (χ1) is 14.7. The Labute approximate surface area is 179 Å². The molecule has 1 aliphatic rings. The van der Waals surface area contributed by atoms with Crippen LogP contribution in [0.15, 0.2) is 46.2 Å². The van der Waals surface area contributed by atoms with Crippen LogP contribution in [0, 0.1) is 6.92 Å². The number of carbonyl (C=O) groups excluding carboxylic acids is 1. The van der Waals surface area contributed by atoms with E-state index in [0.29, 0.717) is 17.5 Å². The molecule has 1 amide bonds. The van der Waals surface area contributed by atoms with Crippen molar-refractivity contribution in [2.75, 3.05) is 26.0 Å². The zero-order chi connectivity index (χ0) is 20.9. The van der Waals surface area contributed by atoms with Gasteiger partial charge >= 0.3 is 0 Å². The van der Waals surface area contributed by atoms with Gasteiger partial charge in [-0.1, -0.05) is 11.8 Å². The van der Waals surface area contributed by atoms with Crippen LogP contribution in [0.3, 0.4) is 0 Å². The third kappa shape index (κ3) is 4.52. The Morgan fingerprint density at radius 1 is 1.30 bits per heavy atom. The van der Waals surface area contributed by atoms with Gasteiger partial charge in [0.1, 0.15) is 11.5 Å². The summed E-state index contributed by atoms with van der Waals surface area (Å²) in [4.78, 5) is 12.3. The van der Waals surface area contributed by atoms with Crippen LogP contribution in [-0.2, 0) is 9.53 Å². The molecule has 8 nitrogen and oxygen atoms in total. The average Bonchev–Trinajstić information content (AvgIpc) is 3.51. The van der Waals surface area contributed by atoms with Crippen molar-refractivity contribution in [1.82, 2.24) is 20.1 Å². The third-order valence-electron chi connectivity index (χ3n) is 4.95. The van der Waals surface area contributed by atoms with E-state index in [-0.39, 0.29) is 17.8 Å². The predicted molar refractivity (Wildman–Crippen MR) is 113 cm³/mol. The lowest BCUT2D eigenvalue weighted by molar-refractivity contribution is -0.119. The van der Waals surface area contributed by atoms with E-state index in [1.54, 1.807) is 13.4 Å². The van der Waals surface area contributed by atoms with Crippen LogP contribution in [0.25, 0.3) is 17.1 Å². The van der Waals surface area contributed by atoms with Crippen molar-refractivity contribution in [1.29, 1.82) is 0 Å². The van der Waals surface area contributed by atoms with Crippen LogP contribution in [-0.4, -0.2) is 52.8 Å². The van der Waals surface area contributed by atoms with Gasteiger partial charge in [0.05, 0.1) is 36.5 Å². The molecule has 1 saturated heterocycles. The first kappa shape index (κ1) is 20.5. The van der Waals surface area contributed by atoms with E-state index >= 15 is 0 Å². The highest BCUT2D eigenvalue weighted by Gasteiger charge is 2.20. The smallest absolute Gasteiger partial charge is 0.230 e. The fourth-order valence-corrected chi connectivity index (χ4v) is 4.11. The van der Waals surface area contributed by atoms with Crippen molar-refractivity contribution in [3.05, 3.63) is 42.4 Å². The lowest BCUT2D eigenvalue weighted by Gasteiger charge is -2.12. The lowest BCUT2D eigenvalue weighted by Crippen LogP contribution is -2.32. The number of hydrogen-bond acceptors (Lipinski definition) is 7. The molecule has 0 spiro atoms. The number of rotatable bonds is 8. The summed E-state index contributed by atoms with van der Waals surface area (Å²) in [6, 6.07) is 9.49. The normalized spacial score (nSPS) is 16.0. The van der Waals surface area contributed by atoms with E-state index < -0.39 is 0 Å². The van der Waals surface area contributed by atoms with E-state index in [4.69, 9.17) is 13.9 Å². The summed E-state index contributed by atoms with van der Waals surface area (Å²) in [7, 11) is 1.63. The van der Waals surface area contributed by atoms with Crippen LogP contribution in [0.1, 0.15) is 18.6 Å². The van der Waals surface area contributed by atoms with E-state index in [1.807, 2.05) is 41.8 Å². The number of thioether (sulfide) groups is 1. The van der Waals surface area contributed by atoms with Gasteiger partial charge in [-0.2, -0.15) is 0 Å². The standard InChI is InChI=1S/C21H24N4O4S/c1-14-18(9-11-28-14)20-23-24-21(25(20)15-5-7-16(27-2)8-6-15)30-13-19(26)22-12-17-4-3-10-29-17/h5-9,11,17H,3-4,10,12-13H2,1-2H3,(H,22,26). The molecular weight excluding hydrogens is 404 g/mol. The van der Waals surface area contributed by atoms with Crippen LogP contribution >= 0.6 is 11.8 Å². The Kier molecular flexibility index (Phi) is 6.39. The van der Waals surface area contributed by atoms with Gasteiger partial charge in [-0.25, -0.2) is 0 Å². The highest BCUT2D eigenvalue weighted by atomic mass is 32.2. The van der Waals surface area contributed by atoms with Crippen molar-refractivity contribution in [2.45, 2.75) is 31.0 Å². The molecule has 3 heterocycles. The summed E-state index contributed by atoms with van der Waals surface area (Å²) in [5.41, 5.74) is 1.73. The van der Waals surface area contributed by atoms with Crippen molar-refractivity contribution in [2.24, 2.45) is 0 Å². The highest BCUT2D eigenvalue weighted by molar-refractivity contribution is 7.99. The lowest BCUT2D eigenvalue weighted by atomic mass is 10.2. The minimum absolute atomic E-state index is 0.0548. The van der Waals surface area contributed by atoms with Crippen molar-refractivity contribution in [3.63, 3.8) is 0 Å². The van der Waals surface area contributed by atoms with Gasteiger partial charge in [0.15, 0.2) is 11.0 Å². The third-order valence-corrected chi connectivity index (χ3v) is 5.88. The average molecular weight is 429 g/mol. The quantitative estimate of drug-likeness (QED) is 0.551. The second kappa shape index (κ2) is 9.36. The van der Waals surface area contributed by atoms with Gasteiger partial charge < -0.3 is 19.2 Å². The predicted octanol–water partition coefficient (Wildman–Crippen LogP) is 3.23. The number of nitrogens with zero attached hydrogens (tertiary/aromatic N) is 3. The molecule has 2 aromatic heterocycles. The van der Waals surface area contributed by atoms with Gasteiger partial charge in [0, 0.05) is 13.2 Å². The molecule has 0 radical (unpaired) electrons. The second-order valence-corrected chi connectivity index (χ2v) is 7.90. The van der Waals surface area contributed by atoms with E-state index in [1.165, 1.54) is 11.8 Å². The van der Waals surface area contributed by atoms with Crippen LogP contribution in [0.5, 0.6) is 5.75 Å². The van der Waals surface area contributed by atoms with Crippen molar-refractivity contribution < 1.29 is 18.7 Å². The molecule has 0 aliphatic carbocycles. The zero-order valence-corrected chi connectivity index (χ0v) is 17.8. The summed E-state index contributed by atoms with van der Waals surface area (Å²) in [5, 5.41) is 12.3. The van der Waals surface area contributed by atoms with Gasteiger partial charge in [-0.05, 0) is 50.1 Å². The minimum Gasteiger partial charge on any atom is -0.497 e. The maximum atomic E-state index is 12.3. The Bertz CT molecular complexity index is 993. The first-order valence-corrected chi connectivity index (χ1v) is 10.8. The maximum Gasteiger partial charge on any atom is 0.230 e. The van der Waals surface area contributed by atoms with Crippen molar-refractivity contribution >= 4 is 17.7 Å². The molecule has 1 aliphatic heterocycles. The number of hydrogen-bond donors (Lipinski definition) is 1. The second-order valence-electron chi connectivity index (χ2n) is 6.96. The van der Waals surface area contributed by atoms with Gasteiger partial charge in [-0.3, -0.25) is 9.36 Å². The van der Waals surface area contributed by atoms with Gasteiger partial charge in [0.2, 0.25) is 5.91 Å². The molecule has 1 N–H and O–H groups in total. The minimum atomic E-state index is -0.0548. The summed E-state index contributed by atoms with van der Waals surface area (Å²) in [6.45, 7) is 3.20. The number of ether oxygens (including phenoxy) is 2. The molecule has 1 aromatic carbocycles. The van der Waals surface area contributed by atoms with E-state index in [9.17, 15) is 4.79 Å². The number of methoxy groups -OCH3 is 1. The number of carbonyl (C=O) groups is 1. The number of amides is 1. The molecule has 3 aromatic rings. The number of furan rings is 1. The topological polar surface area (TPSA) is 91.4 Å². The Balaban J connectivity index is 1.54. The fourth-order valence-electron chi connectivity index (χ4n) is 3.33. The molecule has 1 unspecified atom stereocenters. The number of benzene rings is 1. The van der Waals surface area contributed by atoms with Crippen LogP contribution in [0.4, 0.5) is 0 Å². The van der Waals surface area contributed by atoms with Gasteiger partial charge in [0.25, 0.3) is 0 Å². The monoisotopic (exact) mass is 428 g/mol. The Hall–Kier alpha value is -2.78. The number of aryl methyl sites for hydroxylation is 1. The Morgan fingerprint density at radius 2 is 2.13 bits per heavy atom. The molecule has 0 saturated carbocycles. The summed E-state index contributed by atoms with van der Waals surface area (Å²) < 4.78 is 18.2. The van der Waals surface area contributed by atoms with Gasteiger partial charge in [-0.15, -0.1) is 10.2 Å². The summed E-state index contributed by atoms with van der Waals surface area (Å²) in [6.07, 6.45) is 3.80. The molecule has 1 fully saturated rings. The summed E-state index contributed by atoms with van der Waals surface area (Å²) in [5.74, 6) is 2.36. The molecule has 9 heteroatoms. The van der Waals surface area contributed by atoms with E-state index in [2.05, 4.69) is 15.5 Å². The SMILES string of the molecule is COc1ccc(-n2c(SCC(=O)NCC3CCCO3)nnc2-c2ccoc2C)cc1. The molecular formula is C21H24N4O4S. The molecule has 30 heavy (non-hydrogen) atoms.